The number of benzene rings is 1. The molecule has 0 aliphatic rings. The van der Waals surface area contributed by atoms with Crippen molar-refractivity contribution in [3.63, 3.8) is 0 Å². The molecule has 0 saturated carbocycles. The molecule has 1 heterocycles. The van der Waals surface area contributed by atoms with Crippen LogP contribution in [0.4, 0.5) is 4.39 Å². The SMILES string of the molecule is CCNC(Cc1ccc(F)cc1C)c1cccs1. The van der Waals surface area contributed by atoms with E-state index >= 15 is 0 Å². The van der Waals surface area contributed by atoms with Crippen molar-refractivity contribution in [2.24, 2.45) is 0 Å². The molecule has 0 radical (unpaired) electrons. The maximum atomic E-state index is 13.1. The van der Waals surface area contributed by atoms with Gasteiger partial charge in [-0.2, -0.15) is 0 Å². The third-order valence-corrected chi connectivity index (χ3v) is 4.05. The summed E-state index contributed by atoms with van der Waals surface area (Å²) in [5.74, 6) is -0.160. The Kier molecular flexibility index (Phi) is 4.50. The largest absolute Gasteiger partial charge is 0.309 e. The first-order chi connectivity index (χ1) is 8.70. The van der Waals surface area contributed by atoms with Crippen LogP contribution in [0.2, 0.25) is 0 Å². The van der Waals surface area contributed by atoms with E-state index in [1.165, 1.54) is 10.4 Å². The summed E-state index contributed by atoms with van der Waals surface area (Å²) in [5, 5.41) is 5.59. The lowest BCUT2D eigenvalue weighted by atomic mass is 10.00. The summed E-state index contributed by atoms with van der Waals surface area (Å²) < 4.78 is 13.1. The second-order valence-electron chi connectivity index (χ2n) is 4.40. The predicted octanol–water partition coefficient (Wildman–Crippen LogP) is 4.09. The Labute approximate surface area is 112 Å². The van der Waals surface area contributed by atoms with Crippen LogP contribution < -0.4 is 5.32 Å². The molecule has 2 aromatic rings. The molecule has 0 aliphatic carbocycles. The number of aryl methyl sites for hydroxylation is 1. The van der Waals surface area contributed by atoms with E-state index < -0.39 is 0 Å². The Morgan fingerprint density at radius 3 is 2.78 bits per heavy atom. The van der Waals surface area contributed by atoms with Crippen LogP contribution in [0.5, 0.6) is 0 Å². The Bertz CT molecular complexity index is 493. The smallest absolute Gasteiger partial charge is 0.123 e. The van der Waals surface area contributed by atoms with Gasteiger partial charge < -0.3 is 5.32 Å². The number of rotatable bonds is 5. The molecule has 1 aromatic heterocycles. The maximum Gasteiger partial charge on any atom is 0.123 e. The number of nitrogens with one attached hydrogen (secondary N) is 1. The standard InChI is InChI=1S/C15H18FNS/c1-3-17-14(15-5-4-8-18-15)10-12-6-7-13(16)9-11(12)2/h4-9,14,17H,3,10H2,1-2H3. The van der Waals surface area contributed by atoms with Gasteiger partial charge in [0, 0.05) is 10.9 Å². The first-order valence-corrected chi connectivity index (χ1v) is 7.10. The summed E-state index contributed by atoms with van der Waals surface area (Å²) in [7, 11) is 0. The van der Waals surface area contributed by atoms with Crippen molar-refractivity contribution in [2.45, 2.75) is 26.3 Å². The molecule has 1 aromatic carbocycles. The molecule has 1 N–H and O–H groups in total. The van der Waals surface area contributed by atoms with Gasteiger partial charge in [-0.05, 0) is 54.6 Å². The minimum atomic E-state index is -0.160. The third kappa shape index (κ3) is 3.18. The van der Waals surface area contributed by atoms with Crippen LogP contribution in [0.25, 0.3) is 0 Å². The molecule has 0 bridgehead atoms. The summed E-state index contributed by atoms with van der Waals surface area (Å²) in [6, 6.07) is 9.58. The Morgan fingerprint density at radius 2 is 2.17 bits per heavy atom. The molecular formula is C15H18FNS. The third-order valence-electron chi connectivity index (χ3n) is 3.07. The van der Waals surface area contributed by atoms with Gasteiger partial charge in [-0.15, -0.1) is 11.3 Å². The van der Waals surface area contributed by atoms with Gasteiger partial charge in [0.05, 0.1) is 0 Å². The van der Waals surface area contributed by atoms with E-state index in [1.807, 2.05) is 13.0 Å². The van der Waals surface area contributed by atoms with Gasteiger partial charge in [0.1, 0.15) is 5.82 Å². The Balaban J connectivity index is 2.18. The minimum absolute atomic E-state index is 0.160. The van der Waals surface area contributed by atoms with E-state index in [-0.39, 0.29) is 5.82 Å². The highest BCUT2D eigenvalue weighted by Crippen LogP contribution is 2.24. The van der Waals surface area contributed by atoms with Gasteiger partial charge in [0.2, 0.25) is 0 Å². The first kappa shape index (κ1) is 13.2. The zero-order valence-corrected chi connectivity index (χ0v) is 11.6. The van der Waals surface area contributed by atoms with Crippen LogP contribution in [0.3, 0.4) is 0 Å². The number of halogens is 1. The fraction of sp³-hybridized carbons (Fsp3) is 0.333. The highest BCUT2D eigenvalue weighted by Gasteiger charge is 2.13. The maximum absolute atomic E-state index is 13.1. The first-order valence-electron chi connectivity index (χ1n) is 6.22. The molecule has 1 unspecified atom stereocenters. The monoisotopic (exact) mass is 263 g/mol. The van der Waals surface area contributed by atoms with Crippen molar-refractivity contribution in [3.8, 4) is 0 Å². The molecule has 1 atom stereocenters. The lowest BCUT2D eigenvalue weighted by Gasteiger charge is -2.17. The number of hydrogen-bond acceptors (Lipinski definition) is 2. The summed E-state index contributed by atoms with van der Waals surface area (Å²) in [6.45, 7) is 5.01. The van der Waals surface area contributed by atoms with Gasteiger partial charge in [0.15, 0.2) is 0 Å². The van der Waals surface area contributed by atoms with Crippen molar-refractivity contribution in [3.05, 3.63) is 57.5 Å². The van der Waals surface area contributed by atoms with Gasteiger partial charge in [-0.25, -0.2) is 4.39 Å². The van der Waals surface area contributed by atoms with Crippen molar-refractivity contribution >= 4 is 11.3 Å². The van der Waals surface area contributed by atoms with Crippen LogP contribution in [-0.4, -0.2) is 6.54 Å². The lowest BCUT2D eigenvalue weighted by Crippen LogP contribution is -2.22. The van der Waals surface area contributed by atoms with E-state index in [2.05, 4.69) is 29.8 Å². The molecule has 96 valence electrons. The van der Waals surface area contributed by atoms with E-state index in [0.29, 0.717) is 6.04 Å². The second-order valence-corrected chi connectivity index (χ2v) is 5.38. The second kappa shape index (κ2) is 6.12. The lowest BCUT2D eigenvalue weighted by molar-refractivity contribution is 0.555. The van der Waals surface area contributed by atoms with Crippen LogP contribution in [0, 0.1) is 12.7 Å². The van der Waals surface area contributed by atoms with Crippen molar-refractivity contribution in [1.82, 2.24) is 5.32 Å². The molecule has 18 heavy (non-hydrogen) atoms. The Morgan fingerprint density at radius 1 is 1.33 bits per heavy atom. The summed E-state index contributed by atoms with van der Waals surface area (Å²) in [6.07, 6.45) is 0.903. The van der Waals surface area contributed by atoms with Crippen molar-refractivity contribution in [1.29, 1.82) is 0 Å². The van der Waals surface area contributed by atoms with Gasteiger partial charge in [-0.1, -0.05) is 19.1 Å². The van der Waals surface area contributed by atoms with Crippen LogP contribution in [0.1, 0.15) is 29.0 Å². The summed E-state index contributed by atoms with van der Waals surface area (Å²) in [5.41, 5.74) is 2.23. The molecular weight excluding hydrogens is 245 g/mol. The molecule has 2 rings (SSSR count). The van der Waals surface area contributed by atoms with Crippen molar-refractivity contribution in [2.75, 3.05) is 6.54 Å². The highest BCUT2D eigenvalue weighted by molar-refractivity contribution is 7.10. The zero-order chi connectivity index (χ0) is 13.0. The average Bonchev–Trinajstić information content (AvgIpc) is 2.85. The Hall–Kier alpha value is -1.19. The molecule has 0 aliphatic heterocycles. The van der Waals surface area contributed by atoms with Crippen LogP contribution in [-0.2, 0) is 6.42 Å². The normalized spacial score (nSPS) is 12.6. The van der Waals surface area contributed by atoms with E-state index in [1.54, 1.807) is 23.5 Å². The molecule has 0 fully saturated rings. The van der Waals surface area contributed by atoms with Crippen LogP contribution >= 0.6 is 11.3 Å². The fourth-order valence-corrected chi connectivity index (χ4v) is 2.92. The molecule has 0 saturated heterocycles. The number of hydrogen-bond donors (Lipinski definition) is 1. The minimum Gasteiger partial charge on any atom is -0.309 e. The van der Waals surface area contributed by atoms with Gasteiger partial charge in [-0.3, -0.25) is 0 Å². The summed E-state index contributed by atoms with van der Waals surface area (Å²) >= 11 is 1.76. The van der Waals surface area contributed by atoms with E-state index in [9.17, 15) is 4.39 Å². The highest BCUT2D eigenvalue weighted by atomic mass is 32.1. The molecule has 1 nitrogen and oxygen atoms in total. The topological polar surface area (TPSA) is 12.0 Å². The zero-order valence-electron chi connectivity index (χ0n) is 10.7. The van der Waals surface area contributed by atoms with E-state index in [0.717, 1.165) is 18.5 Å². The average molecular weight is 263 g/mol. The molecule has 0 spiro atoms. The number of thiophene rings is 1. The van der Waals surface area contributed by atoms with Gasteiger partial charge in [0.25, 0.3) is 0 Å². The van der Waals surface area contributed by atoms with Crippen molar-refractivity contribution < 1.29 is 4.39 Å². The molecule has 3 heteroatoms. The fourth-order valence-electron chi connectivity index (χ4n) is 2.12. The van der Waals surface area contributed by atoms with Crippen LogP contribution in [0.15, 0.2) is 35.7 Å². The van der Waals surface area contributed by atoms with Gasteiger partial charge >= 0.3 is 0 Å². The molecule has 0 amide bonds. The summed E-state index contributed by atoms with van der Waals surface area (Å²) in [4.78, 5) is 1.33. The predicted molar refractivity (Wildman–Crippen MR) is 75.6 cm³/mol. The number of likely N-dealkylation sites (N-methyl/N-ethyl adjacent to an activating group) is 1. The van der Waals surface area contributed by atoms with E-state index in [4.69, 9.17) is 0 Å². The quantitative estimate of drug-likeness (QED) is 0.856.